The summed E-state index contributed by atoms with van der Waals surface area (Å²) in [6.07, 6.45) is -4.40. The number of esters is 1. The van der Waals surface area contributed by atoms with Crippen molar-refractivity contribution >= 4 is 13.7 Å². The molecule has 13 nitrogen and oxygen atoms in total. The van der Waals surface area contributed by atoms with Crippen molar-refractivity contribution in [2.75, 3.05) is 6.61 Å². The van der Waals surface area contributed by atoms with Gasteiger partial charge in [-0.2, -0.15) is 14.7 Å². The normalized spacial score (nSPS) is 25.4. The van der Waals surface area contributed by atoms with Gasteiger partial charge in [0.25, 0.3) is 5.56 Å². The molecule has 206 valence electrons. The van der Waals surface area contributed by atoms with E-state index in [9.17, 15) is 33.7 Å². The molecule has 0 spiro atoms. The Kier molecular flexibility index (Phi) is 8.91. The summed E-state index contributed by atoms with van der Waals surface area (Å²) in [5, 5.41) is 23.1. The average Bonchev–Trinajstić information content (AvgIpc) is 3.10. The number of H-pyrrole nitrogens is 1. The molecule has 1 aliphatic heterocycles. The van der Waals surface area contributed by atoms with E-state index in [2.05, 4.69) is 5.09 Å². The Morgan fingerprint density at radius 1 is 1.34 bits per heavy atom. The first-order valence-electron chi connectivity index (χ1n) is 11.5. The highest BCUT2D eigenvalue weighted by Crippen LogP contribution is 2.48. The van der Waals surface area contributed by atoms with Crippen molar-refractivity contribution in [3.63, 3.8) is 0 Å². The first-order chi connectivity index (χ1) is 17.8. The van der Waals surface area contributed by atoms with Gasteiger partial charge < -0.3 is 19.1 Å². The lowest BCUT2D eigenvalue weighted by molar-refractivity contribution is -0.149. The summed E-state index contributed by atoms with van der Waals surface area (Å²) in [6.45, 7) is 5.29. The van der Waals surface area contributed by atoms with Gasteiger partial charge in [-0.1, -0.05) is 18.2 Å². The van der Waals surface area contributed by atoms with Crippen LogP contribution in [0.25, 0.3) is 0 Å². The number of rotatable bonds is 10. The van der Waals surface area contributed by atoms with Crippen molar-refractivity contribution in [1.82, 2.24) is 14.6 Å². The number of hydrogen-bond acceptors (Lipinski definition) is 10. The van der Waals surface area contributed by atoms with Crippen LogP contribution in [0.15, 0.2) is 46.1 Å². The van der Waals surface area contributed by atoms with Gasteiger partial charge in [-0.05, 0) is 39.8 Å². The third-order valence-electron chi connectivity index (χ3n) is 5.64. The molecule has 0 radical (unpaired) electrons. The molecule has 3 rings (SSSR count). The van der Waals surface area contributed by atoms with E-state index in [4.69, 9.17) is 18.5 Å². The highest BCUT2D eigenvalue weighted by Gasteiger charge is 2.55. The van der Waals surface area contributed by atoms with Crippen LogP contribution in [0.5, 0.6) is 5.75 Å². The lowest BCUT2D eigenvalue weighted by Crippen LogP contribution is -2.41. The number of aliphatic hydroxyl groups is 1. The standard InChI is InChI=1S/C23H28FN4O9P/c1-13(2)35-20(31)14(3)27-38(33,37-15-8-6-5-7-9-15)34-11-17-18(29)23(4,12-25)21(36-17)28-10-16(24)19(30)26-22(28)32/h5-10,13-14,17-18,21,29H,11H2,1-4H3,(H,27,33)(H,26,30,32)/t14-,17-,18-,21-,23-,38-/m1/s1. The van der Waals surface area contributed by atoms with E-state index in [1.54, 1.807) is 37.0 Å². The van der Waals surface area contributed by atoms with Crippen LogP contribution in [-0.2, 0) is 23.4 Å². The number of nitrogens with one attached hydrogen (secondary N) is 2. The summed E-state index contributed by atoms with van der Waals surface area (Å²) in [5.41, 5.74) is -4.15. The Labute approximate surface area is 216 Å². The van der Waals surface area contributed by atoms with Gasteiger partial charge in [0.2, 0.25) is 5.82 Å². The van der Waals surface area contributed by atoms with Crippen molar-refractivity contribution in [3.05, 3.63) is 63.2 Å². The van der Waals surface area contributed by atoms with Gasteiger partial charge >= 0.3 is 19.4 Å². The SMILES string of the molecule is CC(C)OC(=O)[C@@H](C)N[P@@](=O)(OC[C@H]1O[C@@H](n2cc(F)c(=O)[nH]c2=O)[C@](C)(C#N)[C@@H]1O)Oc1ccccc1. The first-order valence-corrected chi connectivity index (χ1v) is 13.1. The summed E-state index contributed by atoms with van der Waals surface area (Å²) in [6, 6.07) is 8.63. The first kappa shape index (κ1) is 29.2. The van der Waals surface area contributed by atoms with E-state index in [-0.39, 0.29) is 5.75 Å². The molecule has 0 aliphatic carbocycles. The molecule has 1 aliphatic rings. The molecule has 0 amide bonds. The molecular weight excluding hydrogens is 526 g/mol. The Bertz CT molecular complexity index is 1360. The molecule has 15 heteroatoms. The minimum Gasteiger partial charge on any atom is -0.462 e. The predicted molar refractivity (Wildman–Crippen MR) is 129 cm³/mol. The Morgan fingerprint density at radius 2 is 2.00 bits per heavy atom. The molecule has 0 bridgehead atoms. The maximum Gasteiger partial charge on any atom is 0.459 e. The van der Waals surface area contributed by atoms with Gasteiger partial charge in [-0.3, -0.25) is 23.7 Å². The summed E-state index contributed by atoms with van der Waals surface area (Å²) in [5.74, 6) is -1.90. The number of aromatic nitrogens is 2. The maximum absolute atomic E-state index is 13.9. The Balaban J connectivity index is 1.86. The monoisotopic (exact) mass is 554 g/mol. The van der Waals surface area contributed by atoms with Crippen LogP contribution in [0, 0.1) is 22.6 Å². The largest absolute Gasteiger partial charge is 0.462 e. The summed E-state index contributed by atoms with van der Waals surface area (Å²) in [7, 11) is -4.34. The van der Waals surface area contributed by atoms with Crippen molar-refractivity contribution in [2.24, 2.45) is 5.41 Å². The number of carbonyl (C=O) groups is 1. The second-order valence-corrected chi connectivity index (χ2v) is 10.7. The molecular formula is C23H28FN4O9P. The second-order valence-electron chi connectivity index (χ2n) is 9.04. The number of nitriles is 1. The average molecular weight is 554 g/mol. The van der Waals surface area contributed by atoms with Gasteiger partial charge in [-0.25, -0.2) is 9.36 Å². The zero-order valence-corrected chi connectivity index (χ0v) is 21.9. The summed E-state index contributed by atoms with van der Waals surface area (Å²) >= 11 is 0. The van der Waals surface area contributed by atoms with E-state index < -0.39 is 73.4 Å². The second kappa shape index (κ2) is 11.6. The third-order valence-corrected chi connectivity index (χ3v) is 7.28. The molecule has 2 aromatic rings. The number of para-hydroxylation sites is 1. The van der Waals surface area contributed by atoms with Crippen LogP contribution < -0.4 is 20.9 Å². The number of carbonyl (C=O) groups excluding carboxylic acids is 1. The fourth-order valence-electron chi connectivity index (χ4n) is 3.66. The predicted octanol–water partition coefficient (Wildman–Crippen LogP) is 1.60. The summed E-state index contributed by atoms with van der Waals surface area (Å²) in [4.78, 5) is 37.8. The molecule has 1 fully saturated rings. The van der Waals surface area contributed by atoms with E-state index in [0.29, 0.717) is 10.8 Å². The number of halogens is 1. The number of ether oxygens (including phenoxy) is 2. The highest BCUT2D eigenvalue weighted by molar-refractivity contribution is 7.52. The van der Waals surface area contributed by atoms with E-state index in [1.165, 1.54) is 26.0 Å². The topological polar surface area (TPSA) is 182 Å². The molecule has 1 saturated heterocycles. The molecule has 2 heterocycles. The van der Waals surface area contributed by atoms with Crippen LogP contribution in [0.3, 0.4) is 0 Å². The Hall–Kier alpha value is -3.34. The molecule has 0 unspecified atom stereocenters. The van der Waals surface area contributed by atoms with Crippen LogP contribution in [-0.4, -0.2) is 51.6 Å². The smallest absolute Gasteiger partial charge is 0.459 e. The number of aromatic amines is 1. The van der Waals surface area contributed by atoms with Gasteiger partial charge in [0, 0.05) is 0 Å². The van der Waals surface area contributed by atoms with Gasteiger partial charge in [0.1, 0.15) is 29.4 Å². The molecule has 0 saturated carbocycles. The van der Waals surface area contributed by atoms with Crippen molar-refractivity contribution in [2.45, 2.75) is 58.3 Å². The lowest BCUT2D eigenvalue weighted by Gasteiger charge is -2.26. The number of hydrogen-bond donors (Lipinski definition) is 3. The zero-order chi connectivity index (χ0) is 28.3. The Morgan fingerprint density at radius 3 is 2.61 bits per heavy atom. The minimum absolute atomic E-state index is 0.135. The van der Waals surface area contributed by atoms with Crippen molar-refractivity contribution in [1.29, 1.82) is 5.26 Å². The quantitative estimate of drug-likeness (QED) is 0.286. The lowest BCUT2D eigenvalue weighted by atomic mass is 9.84. The van der Waals surface area contributed by atoms with Crippen molar-refractivity contribution in [3.8, 4) is 11.8 Å². The zero-order valence-electron chi connectivity index (χ0n) is 21.0. The van der Waals surface area contributed by atoms with E-state index in [0.717, 1.165) is 0 Å². The molecule has 38 heavy (non-hydrogen) atoms. The van der Waals surface area contributed by atoms with Crippen molar-refractivity contribution < 1.29 is 37.4 Å². The number of benzene rings is 1. The van der Waals surface area contributed by atoms with Crippen LogP contribution in [0.2, 0.25) is 0 Å². The van der Waals surface area contributed by atoms with Crippen LogP contribution >= 0.6 is 7.75 Å². The van der Waals surface area contributed by atoms with Crippen LogP contribution in [0.1, 0.15) is 33.9 Å². The van der Waals surface area contributed by atoms with Gasteiger partial charge in [0.05, 0.1) is 25.0 Å². The van der Waals surface area contributed by atoms with Gasteiger partial charge in [-0.15, -0.1) is 0 Å². The number of nitrogens with zero attached hydrogens (tertiary/aromatic N) is 2. The minimum atomic E-state index is -4.34. The van der Waals surface area contributed by atoms with Gasteiger partial charge in [0.15, 0.2) is 6.23 Å². The maximum atomic E-state index is 13.9. The molecule has 3 N–H and O–H groups in total. The fourth-order valence-corrected chi connectivity index (χ4v) is 5.16. The molecule has 1 aromatic heterocycles. The molecule has 6 atom stereocenters. The highest BCUT2D eigenvalue weighted by atomic mass is 31.2. The fraction of sp³-hybridized carbons (Fsp3) is 0.478. The van der Waals surface area contributed by atoms with Crippen LogP contribution in [0.4, 0.5) is 4.39 Å². The third kappa shape index (κ3) is 6.38. The molecule has 1 aromatic carbocycles. The van der Waals surface area contributed by atoms with E-state index >= 15 is 0 Å². The summed E-state index contributed by atoms with van der Waals surface area (Å²) < 4.78 is 50.0. The van der Waals surface area contributed by atoms with E-state index in [1.807, 2.05) is 6.07 Å². The number of aliphatic hydroxyl groups excluding tert-OH is 1.